The van der Waals surface area contributed by atoms with E-state index in [-0.39, 0.29) is 11.7 Å². The van der Waals surface area contributed by atoms with Crippen LogP contribution in [0.25, 0.3) is 0 Å². The van der Waals surface area contributed by atoms with Gasteiger partial charge in [-0.2, -0.15) is 11.8 Å². The Labute approximate surface area is 92.1 Å². The second-order valence-corrected chi connectivity index (χ2v) is 4.97. The number of benzene rings is 1. The van der Waals surface area contributed by atoms with Gasteiger partial charge in [-0.15, -0.1) is 0 Å². The van der Waals surface area contributed by atoms with Crippen molar-refractivity contribution in [2.45, 2.75) is 18.8 Å². The van der Waals surface area contributed by atoms with Crippen molar-refractivity contribution in [1.82, 2.24) is 0 Å². The summed E-state index contributed by atoms with van der Waals surface area (Å²) in [5.74, 6) is 1.19. The molecule has 0 spiro atoms. The Hall–Kier alpha value is -0.900. The molecule has 0 bridgehead atoms. The number of aromatic hydroxyl groups is 2. The van der Waals surface area contributed by atoms with Gasteiger partial charge < -0.3 is 10.2 Å². The lowest BCUT2D eigenvalue weighted by Gasteiger charge is -2.22. The second-order valence-electron chi connectivity index (χ2n) is 3.75. The first kappa shape index (κ1) is 10.6. The largest absolute Gasteiger partial charge is 0.508 e. The highest BCUT2D eigenvalue weighted by Gasteiger charge is 2.20. The summed E-state index contributed by atoms with van der Waals surface area (Å²) in [7, 11) is 0. The van der Waals surface area contributed by atoms with Crippen molar-refractivity contribution in [2.24, 2.45) is 0 Å². The fourth-order valence-electron chi connectivity index (χ4n) is 1.90. The quantitative estimate of drug-likeness (QED) is 0.776. The Kier molecular flexibility index (Phi) is 3.05. The van der Waals surface area contributed by atoms with E-state index in [2.05, 4.69) is 0 Å². The van der Waals surface area contributed by atoms with Gasteiger partial charge in [-0.25, -0.2) is 4.39 Å². The Balaban J connectivity index is 2.30. The van der Waals surface area contributed by atoms with Crippen LogP contribution >= 0.6 is 11.8 Å². The molecule has 2 N–H and O–H groups in total. The molecule has 2 rings (SSSR count). The topological polar surface area (TPSA) is 40.5 Å². The lowest BCUT2D eigenvalue weighted by molar-refractivity contribution is 0.411. The zero-order valence-electron chi connectivity index (χ0n) is 8.24. The van der Waals surface area contributed by atoms with Crippen molar-refractivity contribution >= 4 is 11.8 Å². The van der Waals surface area contributed by atoms with Crippen molar-refractivity contribution in [1.29, 1.82) is 0 Å². The van der Waals surface area contributed by atoms with Crippen molar-refractivity contribution in [3.8, 4) is 11.5 Å². The average molecular weight is 228 g/mol. The van der Waals surface area contributed by atoms with Crippen LogP contribution in [0.5, 0.6) is 11.5 Å². The van der Waals surface area contributed by atoms with Gasteiger partial charge in [-0.3, -0.25) is 0 Å². The highest BCUT2D eigenvalue weighted by atomic mass is 32.2. The highest BCUT2D eigenvalue weighted by Crippen LogP contribution is 2.38. The maximum absolute atomic E-state index is 13.1. The van der Waals surface area contributed by atoms with E-state index in [0.29, 0.717) is 5.56 Å². The van der Waals surface area contributed by atoms with Gasteiger partial charge in [0.15, 0.2) is 11.6 Å². The smallest absolute Gasteiger partial charge is 0.165 e. The zero-order chi connectivity index (χ0) is 10.8. The van der Waals surface area contributed by atoms with Crippen LogP contribution < -0.4 is 0 Å². The summed E-state index contributed by atoms with van der Waals surface area (Å²) < 4.78 is 13.1. The molecule has 0 aliphatic carbocycles. The highest BCUT2D eigenvalue weighted by molar-refractivity contribution is 7.99. The average Bonchev–Trinajstić information content (AvgIpc) is 2.25. The van der Waals surface area contributed by atoms with Crippen LogP contribution in [-0.4, -0.2) is 21.7 Å². The summed E-state index contributed by atoms with van der Waals surface area (Å²) in [5, 5.41) is 18.7. The van der Waals surface area contributed by atoms with Crippen LogP contribution in [0.2, 0.25) is 0 Å². The summed E-state index contributed by atoms with van der Waals surface area (Å²) in [5.41, 5.74) is 0.630. The molecule has 1 saturated heterocycles. The zero-order valence-corrected chi connectivity index (χ0v) is 9.06. The third-order valence-electron chi connectivity index (χ3n) is 2.76. The van der Waals surface area contributed by atoms with E-state index in [1.165, 1.54) is 6.07 Å². The van der Waals surface area contributed by atoms with Gasteiger partial charge in [0.25, 0.3) is 0 Å². The van der Waals surface area contributed by atoms with Gasteiger partial charge in [0.05, 0.1) is 0 Å². The maximum atomic E-state index is 13.1. The number of thioether (sulfide) groups is 1. The molecule has 1 aromatic rings. The molecule has 1 aliphatic rings. The Morgan fingerprint density at radius 1 is 1.13 bits per heavy atom. The Morgan fingerprint density at radius 3 is 2.47 bits per heavy atom. The van der Waals surface area contributed by atoms with Crippen LogP contribution in [0.15, 0.2) is 12.1 Å². The van der Waals surface area contributed by atoms with Crippen molar-refractivity contribution in [3.63, 3.8) is 0 Å². The summed E-state index contributed by atoms with van der Waals surface area (Å²) in [4.78, 5) is 0. The van der Waals surface area contributed by atoms with Gasteiger partial charge >= 0.3 is 0 Å². The van der Waals surface area contributed by atoms with E-state index in [9.17, 15) is 9.50 Å². The number of hydrogen-bond donors (Lipinski definition) is 2. The Bertz CT molecular complexity index is 362. The monoisotopic (exact) mass is 228 g/mol. The molecule has 0 aromatic heterocycles. The summed E-state index contributed by atoms with van der Waals surface area (Å²) >= 11 is 1.88. The third kappa shape index (κ3) is 2.20. The Morgan fingerprint density at radius 2 is 1.80 bits per heavy atom. The predicted molar refractivity (Wildman–Crippen MR) is 59.0 cm³/mol. The molecule has 0 saturated carbocycles. The molecule has 1 heterocycles. The number of halogens is 1. The molecule has 0 atom stereocenters. The maximum Gasteiger partial charge on any atom is 0.165 e. The van der Waals surface area contributed by atoms with Gasteiger partial charge in [0.1, 0.15) is 5.75 Å². The molecule has 2 nitrogen and oxygen atoms in total. The SMILES string of the molecule is Oc1cc(O)c(C2CCSCC2)cc1F. The van der Waals surface area contributed by atoms with Gasteiger partial charge in [0, 0.05) is 11.6 Å². The molecular formula is C11H13FO2S. The van der Waals surface area contributed by atoms with Gasteiger partial charge in [-0.1, -0.05) is 0 Å². The minimum absolute atomic E-state index is 0.00537. The van der Waals surface area contributed by atoms with E-state index in [4.69, 9.17) is 5.11 Å². The van der Waals surface area contributed by atoms with Crippen molar-refractivity contribution in [3.05, 3.63) is 23.5 Å². The minimum atomic E-state index is -0.652. The molecule has 1 aliphatic heterocycles. The lowest BCUT2D eigenvalue weighted by atomic mass is 9.92. The van der Waals surface area contributed by atoms with Gasteiger partial charge in [-0.05, 0) is 36.3 Å². The van der Waals surface area contributed by atoms with E-state index in [0.717, 1.165) is 30.4 Å². The molecular weight excluding hydrogens is 215 g/mol. The molecule has 0 amide bonds. The summed E-state index contributed by atoms with van der Waals surface area (Å²) in [6.45, 7) is 0. The fourth-order valence-corrected chi connectivity index (χ4v) is 3.01. The van der Waals surface area contributed by atoms with E-state index in [1.807, 2.05) is 11.8 Å². The van der Waals surface area contributed by atoms with E-state index >= 15 is 0 Å². The lowest BCUT2D eigenvalue weighted by Crippen LogP contribution is -2.08. The van der Waals surface area contributed by atoms with Crippen LogP contribution in [0.1, 0.15) is 24.3 Å². The molecule has 1 aromatic carbocycles. The van der Waals surface area contributed by atoms with Crippen molar-refractivity contribution in [2.75, 3.05) is 11.5 Å². The molecule has 15 heavy (non-hydrogen) atoms. The molecule has 82 valence electrons. The van der Waals surface area contributed by atoms with E-state index < -0.39 is 11.6 Å². The minimum Gasteiger partial charge on any atom is -0.508 e. The predicted octanol–water partition coefficient (Wildman–Crippen LogP) is 2.85. The van der Waals surface area contributed by atoms with E-state index in [1.54, 1.807) is 0 Å². The van der Waals surface area contributed by atoms with Crippen LogP contribution in [0.4, 0.5) is 4.39 Å². The molecule has 0 radical (unpaired) electrons. The summed E-state index contributed by atoms with van der Waals surface area (Å²) in [6, 6.07) is 2.34. The number of rotatable bonds is 1. The molecule has 0 unspecified atom stereocenters. The first-order chi connectivity index (χ1) is 7.18. The normalized spacial score (nSPS) is 17.9. The van der Waals surface area contributed by atoms with Crippen LogP contribution in [0.3, 0.4) is 0 Å². The molecule has 4 heteroatoms. The van der Waals surface area contributed by atoms with Crippen LogP contribution in [0, 0.1) is 5.82 Å². The fraction of sp³-hybridized carbons (Fsp3) is 0.455. The van der Waals surface area contributed by atoms with Crippen molar-refractivity contribution < 1.29 is 14.6 Å². The summed E-state index contributed by atoms with van der Waals surface area (Å²) in [6.07, 6.45) is 1.92. The number of hydrogen-bond acceptors (Lipinski definition) is 3. The second kappa shape index (κ2) is 4.31. The van der Waals surface area contributed by atoms with Gasteiger partial charge in [0.2, 0.25) is 0 Å². The number of phenols is 2. The molecule has 1 fully saturated rings. The standard InChI is InChI=1S/C11H13FO2S/c12-9-5-8(10(13)6-11(9)14)7-1-3-15-4-2-7/h5-7,13-14H,1-4H2. The first-order valence-corrected chi connectivity index (χ1v) is 6.13. The first-order valence-electron chi connectivity index (χ1n) is 4.97. The number of phenolic OH excluding ortho intramolecular Hbond substituents is 2. The van der Waals surface area contributed by atoms with Crippen LogP contribution in [-0.2, 0) is 0 Å². The third-order valence-corrected chi connectivity index (χ3v) is 3.81.